The average molecular weight is 216 g/mol. The van der Waals surface area contributed by atoms with Crippen LogP contribution in [0, 0.1) is 0 Å². The number of nitrogens with zero attached hydrogens (tertiary/aromatic N) is 1. The summed E-state index contributed by atoms with van der Waals surface area (Å²) in [6.07, 6.45) is 2.25. The van der Waals surface area contributed by atoms with Gasteiger partial charge in [-0.1, -0.05) is 0 Å². The Bertz CT molecular complexity index is 260. The van der Waals surface area contributed by atoms with Crippen LogP contribution in [0.25, 0.3) is 0 Å². The molecule has 0 aromatic rings. The van der Waals surface area contributed by atoms with E-state index in [4.69, 9.17) is 5.73 Å². The van der Waals surface area contributed by atoms with Crippen LogP contribution in [0.5, 0.6) is 0 Å². The largest absolute Gasteiger partial charge is 0.338 e. The standard InChI is InChI=1S/C9H16N2O2S/c10-7-5-9(12)11(6-7)8-1-3-14(13)4-2-8/h7-8H,1-6,10H2. The Morgan fingerprint density at radius 3 is 2.50 bits per heavy atom. The maximum absolute atomic E-state index is 11.5. The van der Waals surface area contributed by atoms with Crippen molar-refractivity contribution in [3.63, 3.8) is 0 Å². The number of hydrogen-bond donors (Lipinski definition) is 1. The lowest BCUT2D eigenvalue weighted by Gasteiger charge is -2.30. The summed E-state index contributed by atoms with van der Waals surface area (Å²) in [5.74, 6) is 1.66. The number of carbonyl (C=O) groups is 1. The predicted octanol–water partition coefficient (Wildman–Crippen LogP) is -0.543. The molecule has 14 heavy (non-hydrogen) atoms. The summed E-state index contributed by atoms with van der Waals surface area (Å²) in [5.41, 5.74) is 5.73. The maximum atomic E-state index is 11.5. The van der Waals surface area contributed by atoms with Gasteiger partial charge in [0.15, 0.2) is 0 Å². The number of likely N-dealkylation sites (tertiary alicyclic amines) is 1. The van der Waals surface area contributed by atoms with E-state index in [0.717, 1.165) is 24.3 Å². The Balaban J connectivity index is 1.95. The van der Waals surface area contributed by atoms with E-state index in [1.54, 1.807) is 0 Å². The van der Waals surface area contributed by atoms with Gasteiger partial charge < -0.3 is 10.6 Å². The number of rotatable bonds is 1. The second-order valence-electron chi connectivity index (χ2n) is 4.09. The fourth-order valence-corrected chi connectivity index (χ4v) is 3.48. The molecule has 2 rings (SSSR count). The third-order valence-electron chi connectivity index (χ3n) is 2.99. The second kappa shape index (κ2) is 3.98. The Morgan fingerprint density at radius 2 is 2.00 bits per heavy atom. The van der Waals surface area contributed by atoms with Crippen LogP contribution in [0.15, 0.2) is 0 Å². The predicted molar refractivity (Wildman–Crippen MR) is 55.2 cm³/mol. The van der Waals surface area contributed by atoms with Crippen LogP contribution in [-0.2, 0) is 15.6 Å². The van der Waals surface area contributed by atoms with E-state index in [0.29, 0.717) is 19.0 Å². The minimum atomic E-state index is -0.650. The molecule has 1 amide bonds. The highest BCUT2D eigenvalue weighted by molar-refractivity contribution is 7.85. The number of nitrogens with two attached hydrogens (primary N) is 1. The molecule has 0 bridgehead atoms. The van der Waals surface area contributed by atoms with Crippen LogP contribution in [0.3, 0.4) is 0 Å². The lowest BCUT2D eigenvalue weighted by atomic mass is 10.1. The molecule has 0 aliphatic carbocycles. The van der Waals surface area contributed by atoms with Crippen molar-refractivity contribution in [1.29, 1.82) is 0 Å². The van der Waals surface area contributed by atoms with Crippen LogP contribution >= 0.6 is 0 Å². The Labute approximate surface area is 86.3 Å². The summed E-state index contributed by atoms with van der Waals surface area (Å²) >= 11 is 0. The molecule has 2 aliphatic heterocycles. The van der Waals surface area contributed by atoms with Gasteiger partial charge in [-0.2, -0.15) is 0 Å². The van der Waals surface area contributed by atoms with E-state index >= 15 is 0 Å². The number of hydrogen-bond acceptors (Lipinski definition) is 3. The van der Waals surface area contributed by atoms with Gasteiger partial charge in [0, 0.05) is 47.4 Å². The van der Waals surface area contributed by atoms with Crippen molar-refractivity contribution in [2.75, 3.05) is 18.1 Å². The highest BCUT2D eigenvalue weighted by Crippen LogP contribution is 2.21. The molecule has 0 radical (unpaired) electrons. The zero-order valence-corrected chi connectivity index (χ0v) is 8.96. The first-order chi connectivity index (χ1) is 6.66. The van der Waals surface area contributed by atoms with Gasteiger partial charge >= 0.3 is 0 Å². The molecular weight excluding hydrogens is 200 g/mol. The quantitative estimate of drug-likeness (QED) is 0.640. The minimum absolute atomic E-state index is 0.00919. The molecule has 2 fully saturated rings. The zero-order chi connectivity index (χ0) is 10.1. The molecule has 0 aromatic carbocycles. The van der Waals surface area contributed by atoms with E-state index in [9.17, 15) is 9.00 Å². The molecule has 5 heteroatoms. The lowest BCUT2D eigenvalue weighted by Crippen LogP contribution is -2.41. The summed E-state index contributed by atoms with van der Waals surface area (Å²) in [4.78, 5) is 13.4. The average Bonchev–Trinajstić information content (AvgIpc) is 2.47. The van der Waals surface area contributed by atoms with Crippen LogP contribution in [0.1, 0.15) is 19.3 Å². The van der Waals surface area contributed by atoms with Crippen molar-refractivity contribution >= 4 is 16.7 Å². The zero-order valence-electron chi connectivity index (χ0n) is 8.15. The maximum Gasteiger partial charge on any atom is 0.224 e. The first-order valence-corrected chi connectivity index (χ1v) is 6.55. The van der Waals surface area contributed by atoms with Crippen molar-refractivity contribution in [1.82, 2.24) is 4.90 Å². The van der Waals surface area contributed by atoms with E-state index in [-0.39, 0.29) is 11.9 Å². The molecule has 0 spiro atoms. The summed E-state index contributed by atoms with van der Waals surface area (Å²) in [5, 5.41) is 0. The Kier molecular flexibility index (Phi) is 2.88. The van der Waals surface area contributed by atoms with Gasteiger partial charge in [0.05, 0.1) is 0 Å². The molecule has 2 heterocycles. The molecule has 80 valence electrons. The molecular formula is C9H16N2O2S. The lowest BCUT2D eigenvalue weighted by molar-refractivity contribution is -0.129. The summed E-state index contributed by atoms with van der Waals surface area (Å²) in [6, 6.07) is 0.309. The van der Waals surface area contributed by atoms with Crippen molar-refractivity contribution < 1.29 is 9.00 Å². The SMILES string of the molecule is NC1CC(=O)N(C2CCS(=O)CC2)C1. The molecule has 4 nitrogen and oxygen atoms in total. The van der Waals surface area contributed by atoms with Crippen LogP contribution < -0.4 is 5.73 Å². The molecule has 2 saturated heterocycles. The van der Waals surface area contributed by atoms with E-state index in [2.05, 4.69) is 0 Å². The molecule has 2 N–H and O–H groups in total. The molecule has 1 unspecified atom stereocenters. The summed E-state index contributed by atoms with van der Waals surface area (Å²) in [7, 11) is -0.650. The van der Waals surface area contributed by atoms with Gasteiger partial charge in [-0.15, -0.1) is 0 Å². The van der Waals surface area contributed by atoms with Crippen molar-refractivity contribution in [3.8, 4) is 0 Å². The van der Waals surface area contributed by atoms with Gasteiger partial charge in [-0.05, 0) is 12.8 Å². The minimum Gasteiger partial charge on any atom is -0.338 e. The van der Waals surface area contributed by atoms with Gasteiger partial charge in [0.1, 0.15) is 0 Å². The van der Waals surface area contributed by atoms with Gasteiger partial charge in [0.25, 0.3) is 0 Å². The van der Waals surface area contributed by atoms with Gasteiger partial charge in [0.2, 0.25) is 5.91 Å². The second-order valence-corrected chi connectivity index (χ2v) is 5.79. The third-order valence-corrected chi connectivity index (χ3v) is 4.37. The molecule has 2 aliphatic rings. The highest BCUT2D eigenvalue weighted by Gasteiger charge is 2.33. The monoisotopic (exact) mass is 216 g/mol. The normalized spacial score (nSPS) is 39.1. The fourth-order valence-electron chi connectivity index (χ4n) is 2.21. The Hall–Kier alpha value is -0.420. The van der Waals surface area contributed by atoms with Gasteiger partial charge in [-0.3, -0.25) is 9.00 Å². The molecule has 0 saturated carbocycles. The fraction of sp³-hybridized carbons (Fsp3) is 0.889. The smallest absolute Gasteiger partial charge is 0.224 e. The molecule has 0 aromatic heterocycles. The van der Waals surface area contributed by atoms with Crippen molar-refractivity contribution in [2.24, 2.45) is 5.73 Å². The molecule has 1 atom stereocenters. The van der Waals surface area contributed by atoms with Crippen LogP contribution in [-0.4, -0.2) is 45.2 Å². The number of carbonyl (C=O) groups excluding carboxylic acids is 1. The summed E-state index contributed by atoms with van der Waals surface area (Å²) < 4.78 is 11.2. The number of amides is 1. The summed E-state index contributed by atoms with van der Waals surface area (Å²) in [6.45, 7) is 0.691. The van der Waals surface area contributed by atoms with E-state index in [1.807, 2.05) is 4.90 Å². The van der Waals surface area contributed by atoms with Crippen molar-refractivity contribution in [3.05, 3.63) is 0 Å². The van der Waals surface area contributed by atoms with E-state index < -0.39 is 10.8 Å². The highest BCUT2D eigenvalue weighted by atomic mass is 32.2. The first kappa shape index (κ1) is 10.1. The van der Waals surface area contributed by atoms with E-state index in [1.165, 1.54) is 0 Å². The van der Waals surface area contributed by atoms with Crippen LogP contribution in [0.4, 0.5) is 0 Å². The topological polar surface area (TPSA) is 63.4 Å². The van der Waals surface area contributed by atoms with Gasteiger partial charge in [-0.25, -0.2) is 0 Å². The first-order valence-electron chi connectivity index (χ1n) is 5.07. The Morgan fingerprint density at radius 1 is 1.36 bits per heavy atom. The third kappa shape index (κ3) is 1.98. The van der Waals surface area contributed by atoms with Crippen molar-refractivity contribution in [2.45, 2.75) is 31.3 Å². The van der Waals surface area contributed by atoms with Crippen LogP contribution in [0.2, 0.25) is 0 Å².